The number of hydrogen-bond acceptors (Lipinski definition) is 4. The van der Waals surface area contributed by atoms with Gasteiger partial charge in [-0.3, -0.25) is 0 Å². The molecule has 0 amide bonds. The number of thiophene rings is 1. The van der Waals surface area contributed by atoms with Gasteiger partial charge in [-0.25, -0.2) is 0 Å². The van der Waals surface area contributed by atoms with E-state index in [1.165, 1.54) is 69.6 Å². The molecule has 0 bridgehead atoms. The summed E-state index contributed by atoms with van der Waals surface area (Å²) in [7, 11) is 0. The summed E-state index contributed by atoms with van der Waals surface area (Å²) in [4.78, 5) is 0. The molecule has 0 fully saturated rings. The molecule has 0 saturated carbocycles. The number of nitrogens with zero attached hydrogens (tertiary/aromatic N) is 4. The zero-order valence-corrected chi connectivity index (χ0v) is 30.7. The van der Waals surface area contributed by atoms with Gasteiger partial charge in [-0.1, -0.05) is 109 Å². The highest BCUT2D eigenvalue weighted by Gasteiger charge is 2.22. The number of para-hydroxylation sites is 3. The summed E-state index contributed by atoms with van der Waals surface area (Å²) >= 11 is 1.88. The Bertz CT molecular complexity index is 3420. The van der Waals surface area contributed by atoms with Gasteiger partial charge < -0.3 is 13.6 Å². The first-order chi connectivity index (χ1) is 27.8. The van der Waals surface area contributed by atoms with Crippen LogP contribution >= 0.6 is 11.3 Å². The Morgan fingerprint density at radius 3 is 1.59 bits per heavy atom. The van der Waals surface area contributed by atoms with Gasteiger partial charge in [0.25, 0.3) is 0 Å². The predicted octanol–water partition coefficient (Wildman–Crippen LogP) is 13.6. The first kappa shape index (κ1) is 31.1. The summed E-state index contributed by atoms with van der Waals surface area (Å²) < 4.78 is 13.5. The van der Waals surface area contributed by atoms with E-state index < -0.39 is 0 Å². The topological polar surface area (TPSA) is 48.8 Å². The largest absolute Gasteiger partial charge is 0.416 e. The third-order valence-corrected chi connectivity index (χ3v) is 12.3. The monoisotopic (exact) mass is 734 g/mol. The first-order valence-electron chi connectivity index (χ1n) is 18.7. The van der Waals surface area contributed by atoms with Crippen LogP contribution in [0.2, 0.25) is 0 Å². The maximum absolute atomic E-state index is 6.11. The van der Waals surface area contributed by atoms with E-state index in [-0.39, 0.29) is 0 Å². The summed E-state index contributed by atoms with van der Waals surface area (Å²) in [6, 6.07) is 65.0. The van der Waals surface area contributed by atoms with Crippen molar-refractivity contribution in [3.63, 3.8) is 0 Å². The molecule has 0 aliphatic heterocycles. The second-order valence-electron chi connectivity index (χ2n) is 14.2. The Kier molecular flexibility index (Phi) is 6.73. The van der Waals surface area contributed by atoms with E-state index in [4.69, 9.17) is 4.42 Å². The summed E-state index contributed by atoms with van der Waals surface area (Å²) in [6.07, 6.45) is 0. The smallest absolute Gasteiger partial charge is 0.248 e. The first-order valence-corrected chi connectivity index (χ1v) is 19.6. The summed E-state index contributed by atoms with van der Waals surface area (Å²) in [6.45, 7) is 0. The van der Waals surface area contributed by atoms with Crippen LogP contribution in [0.25, 0.3) is 109 Å². The molecule has 4 aromatic heterocycles. The van der Waals surface area contributed by atoms with E-state index >= 15 is 0 Å². The van der Waals surface area contributed by atoms with Crippen LogP contribution in [0.3, 0.4) is 0 Å². The molecule has 0 N–H and O–H groups in total. The minimum atomic E-state index is 0.494. The van der Waals surface area contributed by atoms with Crippen molar-refractivity contribution in [3.05, 3.63) is 182 Å². The van der Waals surface area contributed by atoms with Crippen LogP contribution in [0.5, 0.6) is 0 Å². The van der Waals surface area contributed by atoms with Gasteiger partial charge in [-0.15, -0.1) is 21.5 Å². The van der Waals surface area contributed by atoms with Gasteiger partial charge in [0.2, 0.25) is 11.8 Å². The number of benzene rings is 8. The fourth-order valence-electron chi connectivity index (χ4n) is 8.62. The maximum Gasteiger partial charge on any atom is 0.248 e. The highest BCUT2D eigenvalue weighted by molar-refractivity contribution is 7.26. The molecule has 56 heavy (non-hydrogen) atoms. The zero-order valence-electron chi connectivity index (χ0n) is 29.9. The third kappa shape index (κ3) is 4.60. The van der Waals surface area contributed by atoms with Crippen molar-refractivity contribution in [2.24, 2.45) is 0 Å². The molecule has 5 nitrogen and oxygen atoms in total. The molecule has 0 unspecified atom stereocenters. The predicted molar refractivity (Wildman–Crippen MR) is 232 cm³/mol. The Balaban J connectivity index is 1.09. The van der Waals surface area contributed by atoms with Crippen LogP contribution in [0.15, 0.2) is 186 Å². The number of hydrogen-bond donors (Lipinski definition) is 0. The standard InChI is InChI=1S/C50H30N4OS/c1-2-12-31(13-3-1)49-51-52-50(55-49)32-22-25-34(26-23-32)53-41-18-8-4-16-37(41)38-27-24-33(30-45(38)53)47-44(29-28-40-39-17-7-11-21-46(39)56-48(40)47)54-42-19-9-5-14-35(42)36-15-6-10-20-43(36)54/h1-30H. The zero-order chi connectivity index (χ0) is 36.7. The van der Waals surface area contributed by atoms with Gasteiger partial charge in [0.05, 0.1) is 27.8 Å². The Labute approximate surface area is 324 Å². The second-order valence-corrected chi connectivity index (χ2v) is 15.3. The summed E-state index contributed by atoms with van der Waals surface area (Å²) in [5, 5.41) is 16.2. The van der Waals surface area contributed by atoms with Crippen molar-refractivity contribution < 1.29 is 4.42 Å². The number of rotatable bonds is 5. The summed E-state index contributed by atoms with van der Waals surface area (Å²) in [5.41, 5.74) is 11.1. The highest BCUT2D eigenvalue weighted by atomic mass is 32.1. The fourth-order valence-corrected chi connectivity index (χ4v) is 9.89. The van der Waals surface area contributed by atoms with Crippen molar-refractivity contribution in [2.45, 2.75) is 0 Å². The molecule has 12 aromatic rings. The fraction of sp³-hybridized carbons (Fsp3) is 0. The molecule has 12 rings (SSSR count). The molecule has 8 aromatic carbocycles. The molecular weight excluding hydrogens is 705 g/mol. The molecule has 0 radical (unpaired) electrons. The lowest BCUT2D eigenvalue weighted by molar-refractivity contribution is 0.584. The molecule has 0 atom stereocenters. The van der Waals surface area contributed by atoms with Crippen molar-refractivity contribution in [1.29, 1.82) is 0 Å². The van der Waals surface area contributed by atoms with E-state index in [2.05, 4.69) is 171 Å². The lowest BCUT2D eigenvalue weighted by Crippen LogP contribution is -1.98. The van der Waals surface area contributed by atoms with Crippen LogP contribution in [0, 0.1) is 0 Å². The minimum absolute atomic E-state index is 0.494. The van der Waals surface area contributed by atoms with E-state index in [0.717, 1.165) is 27.8 Å². The Morgan fingerprint density at radius 2 is 0.911 bits per heavy atom. The van der Waals surface area contributed by atoms with Gasteiger partial charge in [-0.2, -0.15) is 0 Å². The Morgan fingerprint density at radius 1 is 0.393 bits per heavy atom. The second kappa shape index (κ2) is 12.1. The van der Waals surface area contributed by atoms with Crippen molar-refractivity contribution in [3.8, 4) is 45.4 Å². The minimum Gasteiger partial charge on any atom is -0.416 e. The van der Waals surface area contributed by atoms with Crippen molar-refractivity contribution in [1.82, 2.24) is 19.3 Å². The van der Waals surface area contributed by atoms with Gasteiger partial charge in [-0.05, 0) is 78.4 Å². The third-order valence-electron chi connectivity index (χ3n) is 11.1. The van der Waals surface area contributed by atoms with Gasteiger partial charge in [0.1, 0.15) is 0 Å². The maximum atomic E-state index is 6.11. The normalized spacial score (nSPS) is 11.9. The molecular formula is C50H30N4OS. The summed E-state index contributed by atoms with van der Waals surface area (Å²) in [5.74, 6) is 1.00. The van der Waals surface area contributed by atoms with Crippen LogP contribution in [-0.4, -0.2) is 19.3 Å². The quantitative estimate of drug-likeness (QED) is 0.177. The van der Waals surface area contributed by atoms with Crippen LogP contribution in [0.1, 0.15) is 0 Å². The van der Waals surface area contributed by atoms with Gasteiger partial charge in [0, 0.05) is 64.1 Å². The average molecular weight is 735 g/mol. The van der Waals surface area contributed by atoms with E-state index in [1.807, 2.05) is 41.7 Å². The van der Waals surface area contributed by atoms with Crippen molar-refractivity contribution in [2.75, 3.05) is 0 Å². The average Bonchev–Trinajstić information content (AvgIpc) is 4.05. The number of fused-ring (bicyclic) bond motifs is 9. The Hall–Kier alpha value is -7.28. The van der Waals surface area contributed by atoms with E-state index in [9.17, 15) is 0 Å². The highest BCUT2D eigenvalue weighted by Crippen LogP contribution is 2.46. The van der Waals surface area contributed by atoms with Crippen molar-refractivity contribution >= 4 is 75.1 Å². The molecule has 0 saturated heterocycles. The number of aromatic nitrogens is 4. The van der Waals surface area contributed by atoms with Gasteiger partial charge >= 0.3 is 0 Å². The molecule has 6 heteroatoms. The lowest BCUT2D eigenvalue weighted by atomic mass is 9.98. The van der Waals surface area contributed by atoms with Crippen LogP contribution < -0.4 is 0 Å². The molecule has 262 valence electrons. The van der Waals surface area contributed by atoms with E-state index in [1.54, 1.807) is 0 Å². The molecule has 4 heterocycles. The lowest BCUT2D eigenvalue weighted by Gasteiger charge is -2.16. The molecule has 0 aliphatic carbocycles. The van der Waals surface area contributed by atoms with E-state index in [0.29, 0.717) is 11.8 Å². The molecule has 0 aliphatic rings. The van der Waals surface area contributed by atoms with Gasteiger partial charge in [0.15, 0.2) is 0 Å². The molecule has 0 spiro atoms. The van der Waals surface area contributed by atoms with Crippen LogP contribution in [-0.2, 0) is 0 Å². The van der Waals surface area contributed by atoms with Crippen LogP contribution in [0.4, 0.5) is 0 Å². The SMILES string of the molecule is c1ccc(-c2nnc(-c3ccc(-n4c5ccccc5c5ccc(-c6c(-n7c8ccccc8c8ccccc87)ccc7c6sc6ccccc67)cc54)cc3)o2)cc1.